The summed E-state index contributed by atoms with van der Waals surface area (Å²) in [4.78, 5) is 15.3. The first-order valence-electron chi connectivity index (χ1n) is 12.9. The van der Waals surface area contributed by atoms with Crippen LogP contribution in [0.4, 0.5) is 4.79 Å². The summed E-state index contributed by atoms with van der Waals surface area (Å²) in [5, 5.41) is 3.23. The lowest BCUT2D eigenvalue weighted by molar-refractivity contribution is -0.0348. The van der Waals surface area contributed by atoms with Crippen LogP contribution < -0.4 is 10.1 Å². The highest BCUT2D eigenvalue weighted by Crippen LogP contribution is 2.46. The van der Waals surface area contributed by atoms with Crippen molar-refractivity contribution in [3.63, 3.8) is 0 Å². The molecule has 3 fully saturated rings. The highest BCUT2D eigenvalue weighted by Gasteiger charge is 2.42. The van der Waals surface area contributed by atoms with Crippen molar-refractivity contribution in [1.82, 2.24) is 10.2 Å². The minimum atomic E-state index is -0.271. The van der Waals surface area contributed by atoms with Crippen LogP contribution in [0.25, 0.3) is 11.1 Å². The lowest BCUT2D eigenvalue weighted by Gasteiger charge is -2.44. The second-order valence-electron chi connectivity index (χ2n) is 11.1. The number of carbonyl (C=O) groups excluding carboxylic acids is 1. The van der Waals surface area contributed by atoms with Gasteiger partial charge in [-0.15, -0.1) is 0 Å². The molecule has 0 spiro atoms. The van der Waals surface area contributed by atoms with Crippen LogP contribution in [0.15, 0.2) is 36.4 Å². The fraction of sp³-hybridized carbons (Fsp3) is 0.552. The molecular weight excluding hydrogens is 424 g/mol. The molecule has 182 valence electrons. The minimum Gasteiger partial charge on any atom is -0.493 e. The number of benzene rings is 2. The summed E-state index contributed by atoms with van der Waals surface area (Å²) in [7, 11) is 0. The predicted octanol–water partition coefficient (Wildman–Crippen LogP) is 5.89. The van der Waals surface area contributed by atoms with Crippen LogP contribution in [0.2, 0.25) is 0 Å². The van der Waals surface area contributed by atoms with Gasteiger partial charge in [0, 0.05) is 6.54 Å². The molecule has 3 heterocycles. The van der Waals surface area contributed by atoms with Gasteiger partial charge in [-0.05, 0) is 97.0 Å². The monoisotopic (exact) mass is 462 g/mol. The van der Waals surface area contributed by atoms with E-state index in [4.69, 9.17) is 9.47 Å². The highest BCUT2D eigenvalue weighted by molar-refractivity contribution is 5.71. The topological polar surface area (TPSA) is 50.8 Å². The van der Waals surface area contributed by atoms with E-state index in [-0.39, 0.29) is 23.7 Å². The number of nitrogens with one attached hydrogen (secondary N) is 1. The zero-order chi connectivity index (χ0) is 23.9. The van der Waals surface area contributed by atoms with Gasteiger partial charge in [0.25, 0.3) is 0 Å². The molecule has 34 heavy (non-hydrogen) atoms. The maximum absolute atomic E-state index is 12.9. The molecule has 0 aromatic heterocycles. The van der Waals surface area contributed by atoms with E-state index in [1.54, 1.807) is 0 Å². The smallest absolute Gasteiger partial charge is 0.407 e. The number of carbonyl (C=O) groups is 1. The van der Waals surface area contributed by atoms with Crippen LogP contribution in [0.3, 0.4) is 0 Å². The number of hydrogen-bond donors (Lipinski definition) is 1. The summed E-state index contributed by atoms with van der Waals surface area (Å²) in [5.74, 6) is 1.48. The Hall–Kier alpha value is -2.53. The Kier molecular flexibility index (Phi) is 6.32. The standard InChI is InChI=1S/C29H38N2O3/c1-5-14-33-25-9-7-21(15-19(25)2)22-6-8-24-23(16-22)17-29(3,4)27(24)30-28(32)34-26-18-31-12-10-20(26)11-13-31/h6-9,15-16,20,26-27H,5,10-14,17-18H2,1-4H3,(H,30,32)/t26-,27+/m1/s1. The fourth-order valence-electron chi connectivity index (χ4n) is 6.04. The molecular formula is C29H38N2O3. The molecule has 4 aliphatic rings. The molecule has 6 rings (SSSR count). The van der Waals surface area contributed by atoms with Crippen molar-refractivity contribution in [2.45, 2.75) is 65.5 Å². The number of amides is 1. The van der Waals surface area contributed by atoms with Crippen LogP contribution in [0.5, 0.6) is 5.75 Å². The molecule has 3 aliphatic heterocycles. The Labute approximate surface area is 203 Å². The van der Waals surface area contributed by atoms with E-state index < -0.39 is 0 Å². The molecule has 0 unspecified atom stereocenters. The number of alkyl carbamates (subject to hydrolysis) is 1. The number of piperidine rings is 3. The van der Waals surface area contributed by atoms with Gasteiger partial charge >= 0.3 is 6.09 Å². The van der Waals surface area contributed by atoms with Crippen LogP contribution in [0.1, 0.15) is 62.8 Å². The Morgan fingerprint density at radius 2 is 1.85 bits per heavy atom. The second-order valence-corrected chi connectivity index (χ2v) is 11.1. The summed E-state index contributed by atoms with van der Waals surface area (Å²) in [5.41, 5.74) is 6.00. The highest BCUT2D eigenvalue weighted by atomic mass is 16.6. The third kappa shape index (κ3) is 4.55. The molecule has 2 aromatic carbocycles. The molecule has 2 aromatic rings. The van der Waals surface area contributed by atoms with E-state index in [0.29, 0.717) is 5.92 Å². The van der Waals surface area contributed by atoms with Crippen LogP contribution in [0, 0.1) is 18.3 Å². The van der Waals surface area contributed by atoms with E-state index in [1.807, 2.05) is 0 Å². The first-order chi connectivity index (χ1) is 16.3. The van der Waals surface area contributed by atoms with Crippen molar-refractivity contribution in [2.75, 3.05) is 26.2 Å². The van der Waals surface area contributed by atoms with Gasteiger partial charge in [-0.3, -0.25) is 4.90 Å². The quantitative estimate of drug-likeness (QED) is 0.581. The Morgan fingerprint density at radius 1 is 1.12 bits per heavy atom. The van der Waals surface area contributed by atoms with Crippen LogP contribution >= 0.6 is 0 Å². The van der Waals surface area contributed by atoms with E-state index in [2.05, 4.69) is 74.3 Å². The van der Waals surface area contributed by atoms with Gasteiger partial charge in [0.15, 0.2) is 0 Å². The fourth-order valence-corrected chi connectivity index (χ4v) is 6.04. The summed E-state index contributed by atoms with van der Waals surface area (Å²) in [6, 6.07) is 13.0. The first-order valence-corrected chi connectivity index (χ1v) is 12.9. The third-order valence-electron chi connectivity index (χ3n) is 7.97. The molecule has 0 saturated carbocycles. The van der Waals surface area contributed by atoms with Gasteiger partial charge in [-0.25, -0.2) is 4.79 Å². The summed E-state index contributed by atoms with van der Waals surface area (Å²) in [6.45, 7) is 12.6. The van der Waals surface area contributed by atoms with Crippen molar-refractivity contribution in [1.29, 1.82) is 0 Å². The van der Waals surface area contributed by atoms with Gasteiger partial charge < -0.3 is 14.8 Å². The van der Waals surface area contributed by atoms with Crippen molar-refractivity contribution >= 4 is 6.09 Å². The zero-order valence-corrected chi connectivity index (χ0v) is 21.0. The number of nitrogens with zero attached hydrogens (tertiary/aromatic N) is 1. The predicted molar refractivity (Wildman–Crippen MR) is 135 cm³/mol. The van der Waals surface area contributed by atoms with E-state index in [9.17, 15) is 4.79 Å². The molecule has 1 N–H and O–H groups in total. The minimum absolute atomic E-state index is 0.0291. The van der Waals surface area contributed by atoms with Crippen molar-refractivity contribution < 1.29 is 14.3 Å². The lowest BCUT2D eigenvalue weighted by Crippen LogP contribution is -2.53. The largest absolute Gasteiger partial charge is 0.493 e. The number of aryl methyl sites for hydroxylation is 1. The summed E-state index contributed by atoms with van der Waals surface area (Å²) < 4.78 is 11.8. The number of hydrogen-bond acceptors (Lipinski definition) is 4. The SMILES string of the molecule is CCCOc1ccc(-c2ccc3c(c2)CC(C)(C)[C@H]3NC(=O)O[C@@H]2CN3CCC2CC3)cc1C. The van der Waals surface area contributed by atoms with Crippen molar-refractivity contribution in [3.8, 4) is 16.9 Å². The molecule has 2 bridgehead atoms. The summed E-state index contributed by atoms with van der Waals surface area (Å²) >= 11 is 0. The molecule has 3 saturated heterocycles. The maximum Gasteiger partial charge on any atom is 0.407 e. The van der Waals surface area contributed by atoms with Crippen molar-refractivity contribution in [3.05, 3.63) is 53.1 Å². The van der Waals surface area contributed by atoms with Gasteiger partial charge in [0.1, 0.15) is 11.9 Å². The number of rotatable bonds is 6. The molecule has 1 aliphatic carbocycles. The number of fused-ring (bicyclic) bond motifs is 4. The van der Waals surface area contributed by atoms with Gasteiger partial charge in [-0.1, -0.05) is 45.0 Å². The first kappa shape index (κ1) is 23.2. The van der Waals surface area contributed by atoms with Crippen LogP contribution in [-0.4, -0.2) is 43.3 Å². The Morgan fingerprint density at radius 3 is 2.53 bits per heavy atom. The average molecular weight is 463 g/mol. The van der Waals surface area contributed by atoms with Crippen molar-refractivity contribution in [2.24, 2.45) is 11.3 Å². The maximum atomic E-state index is 12.9. The summed E-state index contributed by atoms with van der Waals surface area (Å²) in [6.07, 6.45) is 3.98. The normalized spacial score (nSPS) is 26.7. The van der Waals surface area contributed by atoms with E-state index in [0.717, 1.165) is 63.2 Å². The van der Waals surface area contributed by atoms with Crippen LogP contribution in [-0.2, 0) is 11.2 Å². The van der Waals surface area contributed by atoms with Gasteiger partial charge in [-0.2, -0.15) is 0 Å². The third-order valence-corrected chi connectivity index (χ3v) is 7.97. The number of ether oxygens (including phenoxy) is 2. The molecule has 1 amide bonds. The second kappa shape index (κ2) is 9.26. The van der Waals surface area contributed by atoms with E-state index >= 15 is 0 Å². The average Bonchev–Trinajstić information content (AvgIpc) is 3.07. The molecule has 5 nitrogen and oxygen atoms in total. The molecule has 0 radical (unpaired) electrons. The lowest BCUT2D eigenvalue weighted by atomic mass is 9.85. The molecule has 2 atom stereocenters. The van der Waals surface area contributed by atoms with E-state index in [1.165, 1.54) is 22.3 Å². The zero-order valence-electron chi connectivity index (χ0n) is 21.0. The van der Waals surface area contributed by atoms with Gasteiger partial charge in [0.2, 0.25) is 0 Å². The Balaban J connectivity index is 1.30. The Bertz CT molecular complexity index is 1060. The van der Waals surface area contributed by atoms with Gasteiger partial charge in [0.05, 0.1) is 12.6 Å². The molecule has 5 heteroatoms.